The second-order valence-corrected chi connectivity index (χ2v) is 12.2. The van der Waals surface area contributed by atoms with Crippen LogP contribution in [0.3, 0.4) is 0 Å². The Morgan fingerprint density at radius 1 is 1.10 bits per heavy atom. The Morgan fingerprint density at radius 3 is 2.55 bits per heavy atom. The maximum Gasteiger partial charge on any atom is 0.320 e. The number of terminal acetylenes is 1. The Bertz CT molecular complexity index is 1750. The van der Waals surface area contributed by atoms with Crippen LogP contribution in [-0.2, 0) is 0 Å². The summed E-state index contributed by atoms with van der Waals surface area (Å²) in [6.45, 7) is 2.84. The van der Waals surface area contributed by atoms with Gasteiger partial charge in [0.25, 0.3) is 0 Å². The van der Waals surface area contributed by atoms with Crippen molar-refractivity contribution in [1.29, 1.82) is 0 Å². The molecule has 2 bridgehead atoms. The highest BCUT2D eigenvalue weighted by Crippen LogP contribution is 2.46. The minimum Gasteiger partial charge on any atom is -0.508 e. The molecule has 3 fully saturated rings. The molecule has 2 aromatic heterocycles. The maximum absolute atomic E-state index is 16.0. The molecule has 42 heavy (non-hydrogen) atoms. The summed E-state index contributed by atoms with van der Waals surface area (Å²) < 4.78 is 37.0. The van der Waals surface area contributed by atoms with Gasteiger partial charge in [-0.3, -0.25) is 0 Å². The molecule has 0 radical (unpaired) electrons. The number of ether oxygens (including phenoxy) is 1. The van der Waals surface area contributed by atoms with Crippen LogP contribution in [0.1, 0.15) is 31.2 Å². The van der Waals surface area contributed by atoms with Crippen LogP contribution in [0.5, 0.6) is 11.8 Å². The van der Waals surface area contributed by atoms with E-state index in [4.69, 9.17) is 16.1 Å². The molecule has 2 N–H and O–H groups in total. The molecular weight excluding hydrogens is 538 g/mol. The van der Waals surface area contributed by atoms with Gasteiger partial charge in [-0.1, -0.05) is 12.0 Å². The van der Waals surface area contributed by atoms with Gasteiger partial charge in [0.05, 0.1) is 17.6 Å². The third-order valence-electron chi connectivity index (χ3n) is 8.68. The Labute approximate surface area is 242 Å². The van der Waals surface area contributed by atoms with Gasteiger partial charge in [0.1, 0.15) is 28.9 Å². The summed E-state index contributed by atoms with van der Waals surface area (Å²) >= 11 is 0. The van der Waals surface area contributed by atoms with E-state index in [0.717, 1.165) is 45.3 Å². The lowest BCUT2D eigenvalue weighted by Crippen LogP contribution is -2.51. The maximum atomic E-state index is 16.0. The zero-order valence-electron chi connectivity index (χ0n) is 23.6. The Morgan fingerprint density at radius 2 is 1.86 bits per heavy atom. The number of halogens is 2. The smallest absolute Gasteiger partial charge is 0.320 e. The second-order valence-electron chi connectivity index (χ2n) is 12.2. The molecule has 0 spiro atoms. The molecule has 4 aromatic rings. The predicted molar refractivity (Wildman–Crippen MR) is 158 cm³/mol. The standard InChI is InChI=1S/C32H32F2N6O2/c1-4-22-25(33)8-5-18-11-21(41)12-23(27(18)22)28-26(34)13-24-29(36-28)37-31(42-17-32(9-10-32)16-39(2)3)38-30(24)40-14-19-6-7-20(15-40)35-19/h1,5,8,11-13,19-20,35,41H,6-7,9-10,14-17H2,2-3H3. The van der Waals surface area contributed by atoms with Crippen molar-refractivity contribution in [2.45, 2.75) is 37.8 Å². The van der Waals surface area contributed by atoms with Gasteiger partial charge in [-0.15, -0.1) is 6.42 Å². The van der Waals surface area contributed by atoms with E-state index in [1.54, 1.807) is 0 Å². The zero-order valence-corrected chi connectivity index (χ0v) is 23.6. The van der Waals surface area contributed by atoms with Gasteiger partial charge in [0.15, 0.2) is 5.65 Å². The van der Waals surface area contributed by atoms with E-state index in [-0.39, 0.29) is 39.6 Å². The molecule has 216 valence electrons. The summed E-state index contributed by atoms with van der Waals surface area (Å²) in [5, 5.41) is 15.3. The monoisotopic (exact) mass is 570 g/mol. The Kier molecular flexibility index (Phi) is 6.40. The fourth-order valence-corrected chi connectivity index (χ4v) is 6.63. The van der Waals surface area contributed by atoms with Crippen LogP contribution in [0, 0.1) is 29.4 Å². The number of hydrogen-bond donors (Lipinski definition) is 2. The zero-order chi connectivity index (χ0) is 29.2. The lowest BCUT2D eigenvalue weighted by Gasteiger charge is -2.34. The van der Waals surface area contributed by atoms with Crippen LogP contribution in [-0.4, -0.2) is 77.4 Å². The molecule has 8 nitrogen and oxygen atoms in total. The van der Waals surface area contributed by atoms with Crippen molar-refractivity contribution in [2.75, 3.05) is 45.2 Å². The number of nitrogens with one attached hydrogen (secondary N) is 1. The molecular formula is C32H32F2N6O2. The first kappa shape index (κ1) is 26.8. The minimum atomic E-state index is -0.652. The number of benzene rings is 2. The first-order valence-corrected chi connectivity index (χ1v) is 14.3. The summed E-state index contributed by atoms with van der Waals surface area (Å²) in [6, 6.07) is 7.78. The van der Waals surface area contributed by atoms with E-state index in [1.807, 2.05) is 14.1 Å². The average Bonchev–Trinajstić information content (AvgIpc) is 3.64. The number of piperazine rings is 1. The van der Waals surface area contributed by atoms with E-state index in [2.05, 4.69) is 31.0 Å². The summed E-state index contributed by atoms with van der Waals surface area (Å²) in [6.07, 6.45) is 9.96. The number of hydrogen-bond acceptors (Lipinski definition) is 8. The van der Waals surface area contributed by atoms with Crippen LogP contribution in [0.2, 0.25) is 0 Å². The summed E-state index contributed by atoms with van der Waals surface area (Å²) in [5.74, 6) is 1.58. The van der Waals surface area contributed by atoms with Crippen LogP contribution < -0.4 is 15.0 Å². The Balaban J connectivity index is 1.38. The van der Waals surface area contributed by atoms with E-state index >= 15 is 4.39 Å². The molecule has 2 atom stereocenters. The highest BCUT2D eigenvalue weighted by Gasteiger charge is 2.44. The normalized spacial score (nSPS) is 20.8. The van der Waals surface area contributed by atoms with Crippen molar-refractivity contribution >= 4 is 27.6 Å². The molecule has 1 aliphatic carbocycles. The van der Waals surface area contributed by atoms with Gasteiger partial charge >= 0.3 is 6.01 Å². The van der Waals surface area contributed by atoms with Crippen molar-refractivity contribution in [3.05, 3.63) is 47.5 Å². The number of nitrogens with zero attached hydrogens (tertiary/aromatic N) is 5. The van der Waals surface area contributed by atoms with Crippen LogP contribution in [0.4, 0.5) is 14.6 Å². The van der Waals surface area contributed by atoms with Gasteiger partial charge in [0, 0.05) is 48.1 Å². The third kappa shape index (κ3) is 4.76. The lowest BCUT2D eigenvalue weighted by molar-refractivity contribution is 0.183. The van der Waals surface area contributed by atoms with Crippen LogP contribution >= 0.6 is 0 Å². The van der Waals surface area contributed by atoms with Gasteiger partial charge in [-0.2, -0.15) is 9.97 Å². The molecule has 2 aromatic carbocycles. The average molecular weight is 571 g/mol. The SMILES string of the molecule is C#Cc1c(F)ccc2cc(O)cc(-c3nc4nc(OCC5(CN(C)C)CC5)nc(N5CC6CCC(C5)N6)c4cc3F)c12. The van der Waals surface area contributed by atoms with Crippen LogP contribution in [0.25, 0.3) is 33.1 Å². The van der Waals surface area contributed by atoms with Crippen molar-refractivity contribution in [1.82, 2.24) is 25.2 Å². The molecule has 7 rings (SSSR count). The lowest BCUT2D eigenvalue weighted by atomic mass is 9.96. The van der Waals surface area contributed by atoms with Gasteiger partial charge in [-0.25, -0.2) is 13.8 Å². The summed E-state index contributed by atoms with van der Waals surface area (Å²) in [5.41, 5.74) is 0.386. The van der Waals surface area contributed by atoms with Crippen molar-refractivity contribution in [2.24, 2.45) is 5.41 Å². The van der Waals surface area contributed by atoms with Crippen molar-refractivity contribution < 1.29 is 18.6 Å². The molecule has 2 saturated heterocycles. The van der Waals surface area contributed by atoms with Crippen molar-refractivity contribution in [3.63, 3.8) is 0 Å². The molecule has 2 aliphatic heterocycles. The number of aromatic hydroxyl groups is 1. The molecule has 2 unspecified atom stereocenters. The first-order valence-electron chi connectivity index (χ1n) is 14.3. The Hall–Kier alpha value is -4.07. The molecule has 0 amide bonds. The first-order chi connectivity index (χ1) is 20.2. The van der Waals surface area contributed by atoms with E-state index in [9.17, 15) is 9.50 Å². The highest BCUT2D eigenvalue weighted by molar-refractivity contribution is 6.02. The summed E-state index contributed by atoms with van der Waals surface area (Å²) in [7, 11) is 4.10. The highest BCUT2D eigenvalue weighted by atomic mass is 19.1. The molecule has 4 heterocycles. The molecule has 1 saturated carbocycles. The number of phenols is 1. The number of fused-ring (bicyclic) bond motifs is 4. The van der Waals surface area contributed by atoms with Gasteiger partial charge in [0.2, 0.25) is 0 Å². The number of aromatic nitrogens is 3. The second kappa shape index (κ2) is 10.0. The van der Waals surface area contributed by atoms with Gasteiger partial charge < -0.3 is 25.0 Å². The van der Waals surface area contributed by atoms with E-state index in [1.165, 1.54) is 30.3 Å². The quantitative estimate of drug-likeness (QED) is 0.315. The predicted octanol–water partition coefficient (Wildman–Crippen LogP) is 4.47. The molecule has 10 heteroatoms. The third-order valence-corrected chi connectivity index (χ3v) is 8.68. The summed E-state index contributed by atoms with van der Waals surface area (Å²) in [4.78, 5) is 18.4. The topological polar surface area (TPSA) is 86.6 Å². The van der Waals surface area contributed by atoms with E-state index in [0.29, 0.717) is 40.7 Å². The van der Waals surface area contributed by atoms with Gasteiger partial charge in [-0.05, 0) is 69.4 Å². The van der Waals surface area contributed by atoms with Crippen molar-refractivity contribution in [3.8, 4) is 35.4 Å². The fraction of sp³-hybridized carbons (Fsp3) is 0.406. The van der Waals surface area contributed by atoms with Crippen LogP contribution in [0.15, 0.2) is 30.3 Å². The number of rotatable bonds is 7. The number of phenolic OH excluding ortho intramolecular Hbond substituents is 1. The van der Waals surface area contributed by atoms with E-state index < -0.39 is 11.6 Å². The number of pyridine rings is 1. The number of anilines is 1. The minimum absolute atomic E-state index is 0.0249. The largest absolute Gasteiger partial charge is 0.508 e. The molecule has 3 aliphatic rings. The fourth-order valence-electron chi connectivity index (χ4n) is 6.63.